The molecule has 0 aliphatic carbocycles. The van der Waals surface area contributed by atoms with Gasteiger partial charge in [-0.05, 0) is 60.5 Å². The number of piperazine rings is 1. The minimum atomic E-state index is 0.328. The fourth-order valence-corrected chi connectivity index (χ4v) is 3.72. The van der Waals surface area contributed by atoms with Gasteiger partial charge in [-0.3, -0.25) is 14.7 Å². The van der Waals surface area contributed by atoms with Crippen LogP contribution in [0.3, 0.4) is 0 Å². The summed E-state index contributed by atoms with van der Waals surface area (Å²) < 4.78 is 0. The summed E-state index contributed by atoms with van der Waals surface area (Å²) in [6, 6.07) is 0. The summed E-state index contributed by atoms with van der Waals surface area (Å²) in [5, 5.41) is 0. The van der Waals surface area contributed by atoms with Crippen LogP contribution in [0.15, 0.2) is 0 Å². The zero-order chi connectivity index (χ0) is 14.8. The first-order chi connectivity index (χ1) is 9.29. The Morgan fingerprint density at radius 1 is 0.650 bits per heavy atom. The summed E-state index contributed by atoms with van der Waals surface area (Å²) in [6.45, 7) is 20.6. The topological polar surface area (TPSA) is 9.72 Å². The Kier molecular flexibility index (Phi) is 5.14. The maximum absolute atomic E-state index is 2.71. The van der Waals surface area contributed by atoms with E-state index >= 15 is 0 Å². The molecule has 0 aromatic carbocycles. The van der Waals surface area contributed by atoms with Crippen molar-refractivity contribution < 1.29 is 0 Å². The summed E-state index contributed by atoms with van der Waals surface area (Å²) in [6.07, 6.45) is 4.21. The second-order valence-electron chi connectivity index (χ2n) is 8.29. The molecule has 2 aliphatic heterocycles. The molecule has 0 aromatic heterocycles. The van der Waals surface area contributed by atoms with Gasteiger partial charge >= 0.3 is 0 Å². The van der Waals surface area contributed by atoms with E-state index in [1.165, 1.54) is 65.1 Å². The fraction of sp³-hybridized carbons (Fsp3) is 1.00. The van der Waals surface area contributed by atoms with Gasteiger partial charge in [0.1, 0.15) is 0 Å². The molecule has 0 N–H and O–H groups in total. The first kappa shape index (κ1) is 16.3. The van der Waals surface area contributed by atoms with Gasteiger partial charge < -0.3 is 0 Å². The standard InChI is InChI=1S/C17H35N3/c1-16(2,3)19-13-11-18(12-14-19)15-17(4,5)20-9-7-6-8-10-20/h6-15H2,1-5H3. The highest BCUT2D eigenvalue weighted by atomic mass is 15.3. The molecule has 0 bridgehead atoms. The predicted octanol–water partition coefficient (Wildman–Crippen LogP) is 2.67. The molecule has 2 fully saturated rings. The van der Waals surface area contributed by atoms with Crippen LogP contribution in [0.4, 0.5) is 0 Å². The number of nitrogens with zero attached hydrogens (tertiary/aromatic N) is 3. The van der Waals surface area contributed by atoms with Crippen LogP contribution in [0, 0.1) is 0 Å². The lowest BCUT2D eigenvalue weighted by Gasteiger charge is -2.47. The molecule has 2 aliphatic rings. The third kappa shape index (κ3) is 4.19. The van der Waals surface area contributed by atoms with Crippen molar-refractivity contribution in [2.45, 2.75) is 65.0 Å². The number of likely N-dealkylation sites (tertiary alicyclic amines) is 1. The Morgan fingerprint density at radius 2 is 1.20 bits per heavy atom. The number of piperidine rings is 1. The van der Waals surface area contributed by atoms with Crippen LogP contribution in [0.2, 0.25) is 0 Å². The molecule has 0 spiro atoms. The highest BCUT2D eigenvalue weighted by Crippen LogP contribution is 2.23. The highest BCUT2D eigenvalue weighted by Gasteiger charge is 2.32. The van der Waals surface area contributed by atoms with E-state index in [2.05, 4.69) is 49.3 Å². The third-order valence-corrected chi connectivity index (χ3v) is 5.14. The van der Waals surface area contributed by atoms with E-state index in [1.54, 1.807) is 0 Å². The Bertz CT molecular complexity index is 292. The molecule has 0 amide bonds. The molecule has 0 unspecified atom stereocenters. The second kappa shape index (κ2) is 6.33. The molecule has 2 rings (SSSR count). The third-order valence-electron chi connectivity index (χ3n) is 5.14. The van der Waals surface area contributed by atoms with Crippen LogP contribution >= 0.6 is 0 Å². The highest BCUT2D eigenvalue weighted by molar-refractivity contribution is 4.89. The number of hydrogen-bond acceptors (Lipinski definition) is 3. The molecular weight excluding hydrogens is 246 g/mol. The van der Waals surface area contributed by atoms with Crippen molar-refractivity contribution in [1.82, 2.24) is 14.7 Å². The lowest BCUT2D eigenvalue weighted by Crippen LogP contribution is -2.59. The van der Waals surface area contributed by atoms with Gasteiger partial charge in [0, 0.05) is 43.8 Å². The second-order valence-corrected chi connectivity index (χ2v) is 8.29. The lowest BCUT2D eigenvalue weighted by atomic mass is 9.97. The van der Waals surface area contributed by atoms with Crippen LogP contribution in [0.25, 0.3) is 0 Å². The van der Waals surface area contributed by atoms with E-state index in [0.717, 1.165) is 0 Å². The quantitative estimate of drug-likeness (QED) is 0.787. The maximum Gasteiger partial charge on any atom is 0.0280 e. The largest absolute Gasteiger partial charge is 0.299 e. The summed E-state index contributed by atoms with van der Waals surface area (Å²) in [7, 11) is 0. The Hall–Kier alpha value is -0.120. The van der Waals surface area contributed by atoms with Gasteiger partial charge in [0.2, 0.25) is 0 Å². The normalized spacial score (nSPS) is 25.1. The zero-order valence-corrected chi connectivity index (χ0v) is 14.4. The van der Waals surface area contributed by atoms with E-state index < -0.39 is 0 Å². The van der Waals surface area contributed by atoms with Crippen LogP contribution in [-0.4, -0.2) is 71.6 Å². The minimum absolute atomic E-state index is 0.328. The van der Waals surface area contributed by atoms with Crippen molar-refractivity contribution >= 4 is 0 Å². The van der Waals surface area contributed by atoms with Gasteiger partial charge in [-0.1, -0.05) is 6.42 Å². The first-order valence-electron chi connectivity index (χ1n) is 8.51. The van der Waals surface area contributed by atoms with Gasteiger partial charge in [0.25, 0.3) is 0 Å². The van der Waals surface area contributed by atoms with E-state index in [4.69, 9.17) is 0 Å². The average Bonchev–Trinajstić information content (AvgIpc) is 2.39. The lowest BCUT2D eigenvalue weighted by molar-refractivity contribution is 0.0172. The number of hydrogen-bond donors (Lipinski definition) is 0. The van der Waals surface area contributed by atoms with Crippen LogP contribution in [0.5, 0.6) is 0 Å². The predicted molar refractivity (Wildman–Crippen MR) is 87.3 cm³/mol. The van der Waals surface area contributed by atoms with Crippen molar-refractivity contribution in [2.75, 3.05) is 45.8 Å². The molecule has 2 heterocycles. The summed E-state index contributed by atoms with van der Waals surface area (Å²) in [5.74, 6) is 0. The maximum atomic E-state index is 2.71. The van der Waals surface area contributed by atoms with Gasteiger partial charge in [-0.25, -0.2) is 0 Å². The van der Waals surface area contributed by atoms with Crippen molar-refractivity contribution in [2.24, 2.45) is 0 Å². The molecule has 0 atom stereocenters. The van der Waals surface area contributed by atoms with E-state index in [9.17, 15) is 0 Å². The van der Waals surface area contributed by atoms with Crippen LogP contribution < -0.4 is 0 Å². The molecule has 0 radical (unpaired) electrons. The molecule has 2 saturated heterocycles. The van der Waals surface area contributed by atoms with Crippen molar-refractivity contribution in [3.05, 3.63) is 0 Å². The summed E-state index contributed by atoms with van der Waals surface area (Å²) >= 11 is 0. The molecular formula is C17H35N3. The van der Waals surface area contributed by atoms with Crippen LogP contribution in [-0.2, 0) is 0 Å². The molecule has 118 valence electrons. The van der Waals surface area contributed by atoms with Gasteiger partial charge in [-0.2, -0.15) is 0 Å². The van der Waals surface area contributed by atoms with Gasteiger partial charge in [0.15, 0.2) is 0 Å². The van der Waals surface area contributed by atoms with E-state index in [1.807, 2.05) is 0 Å². The SMILES string of the molecule is CC(C)(C)N1CCN(CC(C)(C)N2CCCCC2)CC1. The van der Waals surface area contributed by atoms with Crippen molar-refractivity contribution in [3.8, 4) is 0 Å². The Morgan fingerprint density at radius 3 is 1.70 bits per heavy atom. The molecule has 3 heteroatoms. The van der Waals surface area contributed by atoms with Gasteiger partial charge in [-0.15, -0.1) is 0 Å². The van der Waals surface area contributed by atoms with Gasteiger partial charge in [0.05, 0.1) is 0 Å². The number of rotatable bonds is 3. The molecule has 0 aromatic rings. The molecule has 20 heavy (non-hydrogen) atoms. The van der Waals surface area contributed by atoms with E-state index in [0.29, 0.717) is 11.1 Å². The zero-order valence-electron chi connectivity index (χ0n) is 14.4. The van der Waals surface area contributed by atoms with Crippen molar-refractivity contribution in [3.63, 3.8) is 0 Å². The van der Waals surface area contributed by atoms with E-state index in [-0.39, 0.29) is 0 Å². The smallest absolute Gasteiger partial charge is 0.0280 e. The summed E-state index contributed by atoms with van der Waals surface area (Å²) in [5.41, 5.74) is 0.665. The monoisotopic (exact) mass is 281 g/mol. The average molecular weight is 281 g/mol. The Labute approximate surface area is 126 Å². The van der Waals surface area contributed by atoms with Crippen LogP contribution in [0.1, 0.15) is 53.9 Å². The summed E-state index contributed by atoms with van der Waals surface area (Å²) in [4.78, 5) is 8.01. The Balaban J connectivity index is 1.82. The first-order valence-corrected chi connectivity index (χ1v) is 8.51. The molecule has 0 saturated carbocycles. The molecule has 3 nitrogen and oxygen atoms in total. The fourth-order valence-electron chi connectivity index (χ4n) is 3.72. The minimum Gasteiger partial charge on any atom is -0.299 e. The van der Waals surface area contributed by atoms with Crippen molar-refractivity contribution in [1.29, 1.82) is 0 Å².